The third-order valence-corrected chi connectivity index (χ3v) is 4.50. The number of carbonyl (C=O) groups excluding carboxylic acids is 1. The maximum absolute atomic E-state index is 12.0. The fourth-order valence-corrected chi connectivity index (χ4v) is 3.11. The van der Waals surface area contributed by atoms with Crippen LogP contribution in [0.5, 0.6) is 5.75 Å². The van der Waals surface area contributed by atoms with E-state index in [1.54, 1.807) is 19.2 Å². The molecule has 3 N–H and O–H groups in total. The van der Waals surface area contributed by atoms with Gasteiger partial charge in [-0.15, -0.1) is 10.2 Å². The van der Waals surface area contributed by atoms with Gasteiger partial charge in [0.25, 0.3) is 0 Å². The normalized spacial score (nSPS) is 14.5. The second-order valence-corrected chi connectivity index (χ2v) is 6.40. The molecule has 1 saturated carbocycles. The van der Waals surface area contributed by atoms with E-state index in [1.165, 1.54) is 19.3 Å². The van der Waals surface area contributed by atoms with Gasteiger partial charge in [0.15, 0.2) is 5.82 Å². The number of carbonyl (C=O) groups is 1. The van der Waals surface area contributed by atoms with Gasteiger partial charge in [-0.2, -0.15) is 0 Å². The molecule has 2 aromatic rings. The van der Waals surface area contributed by atoms with Crippen molar-refractivity contribution in [1.29, 1.82) is 0 Å². The summed E-state index contributed by atoms with van der Waals surface area (Å²) < 4.78 is 5.33. The maximum atomic E-state index is 12.0. The van der Waals surface area contributed by atoms with Gasteiger partial charge >= 0.3 is 6.03 Å². The Balaban J connectivity index is 1.49. The van der Waals surface area contributed by atoms with Crippen molar-refractivity contribution in [2.24, 2.45) is 0 Å². The zero-order valence-electron chi connectivity index (χ0n) is 15.0. The lowest BCUT2D eigenvalue weighted by Gasteiger charge is -2.22. The fraction of sp³-hybridized carbons (Fsp3) is 0.421. The minimum Gasteiger partial charge on any atom is -0.496 e. The van der Waals surface area contributed by atoms with Crippen LogP contribution in [0.25, 0.3) is 0 Å². The van der Waals surface area contributed by atoms with Gasteiger partial charge in [0.05, 0.1) is 7.11 Å². The van der Waals surface area contributed by atoms with Crippen molar-refractivity contribution < 1.29 is 9.53 Å². The first-order valence-electron chi connectivity index (χ1n) is 9.01. The van der Waals surface area contributed by atoms with E-state index >= 15 is 0 Å². The molecule has 7 heteroatoms. The third kappa shape index (κ3) is 5.08. The molecule has 3 rings (SSSR count). The van der Waals surface area contributed by atoms with Crippen LogP contribution < -0.4 is 20.7 Å². The fourth-order valence-electron chi connectivity index (χ4n) is 3.11. The topological polar surface area (TPSA) is 88.2 Å². The summed E-state index contributed by atoms with van der Waals surface area (Å²) in [6, 6.07) is 11.4. The highest BCUT2D eigenvalue weighted by Gasteiger charge is 2.15. The van der Waals surface area contributed by atoms with Crippen molar-refractivity contribution in [3.63, 3.8) is 0 Å². The lowest BCUT2D eigenvalue weighted by atomic mass is 9.96. The molecule has 1 aliphatic rings. The molecule has 0 aliphatic heterocycles. The molecular formula is C19H25N5O2. The van der Waals surface area contributed by atoms with Crippen LogP contribution in [0.1, 0.15) is 37.7 Å². The number of nitrogens with one attached hydrogen (secondary N) is 3. The van der Waals surface area contributed by atoms with E-state index in [0.717, 1.165) is 24.2 Å². The molecule has 1 aromatic carbocycles. The van der Waals surface area contributed by atoms with Crippen LogP contribution in [0.4, 0.5) is 16.4 Å². The molecule has 0 atom stereocenters. The number of aromatic nitrogens is 2. The Hall–Kier alpha value is -2.83. The van der Waals surface area contributed by atoms with E-state index in [0.29, 0.717) is 18.2 Å². The molecule has 2 amide bonds. The van der Waals surface area contributed by atoms with E-state index in [4.69, 9.17) is 4.74 Å². The second-order valence-electron chi connectivity index (χ2n) is 6.40. The number of amides is 2. The van der Waals surface area contributed by atoms with E-state index in [2.05, 4.69) is 26.1 Å². The molecule has 26 heavy (non-hydrogen) atoms. The third-order valence-electron chi connectivity index (χ3n) is 4.50. The predicted octanol–water partition coefficient (Wildman–Crippen LogP) is 3.55. The summed E-state index contributed by atoms with van der Waals surface area (Å²) in [5, 5.41) is 17.1. The van der Waals surface area contributed by atoms with Crippen LogP contribution in [-0.2, 0) is 6.54 Å². The van der Waals surface area contributed by atoms with Crippen LogP contribution >= 0.6 is 0 Å². The van der Waals surface area contributed by atoms with Gasteiger partial charge in [-0.3, -0.25) is 5.32 Å². The van der Waals surface area contributed by atoms with Crippen molar-refractivity contribution in [3.8, 4) is 5.75 Å². The molecular weight excluding hydrogens is 330 g/mol. The average Bonchev–Trinajstić information content (AvgIpc) is 2.68. The van der Waals surface area contributed by atoms with Crippen LogP contribution in [0, 0.1) is 0 Å². The molecule has 0 spiro atoms. The number of hydrogen-bond acceptors (Lipinski definition) is 5. The molecule has 1 fully saturated rings. The largest absolute Gasteiger partial charge is 0.496 e. The Morgan fingerprint density at radius 2 is 1.81 bits per heavy atom. The minimum absolute atomic E-state index is 0.221. The van der Waals surface area contributed by atoms with Gasteiger partial charge in [0.1, 0.15) is 11.6 Å². The van der Waals surface area contributed by atoms with E-state index in [9.17, 15) is 4.79 Å². The van der Waals surface area contributed by atoms with Gasteiger partial charge in [0.2, 0.25) is 0 Å². The highest BCUT2D eigenvalue weighted by Crippen LogP contribution is 2.19. The molecule has 1 heterocycles. The lowest BCUT2D eigenvalue weighted by molar-refractivity contribution is 0.244. The summed E-state index contributed by atoms with van der Waals surface area (Å²) in [7, 11) is 1.65. The zero-order valence-corrected chi connectivity index (χ0v) is 15.0. The van der Waals surface area contributed by atoms with Crippen molar-refractivity contribution in [1.82, 2.24) is 15.5 Å². The summed E-state index contributed by atoms with van der Waals surface area (Å²) in [6.45, 7) is 0.577. The standard InChI is InChI=1S/C19H25N5O2/c1-26-16-10-6-5-7-14(16)13-20-17-11-12-18(24-23-17)22-19(25)21-15-8-3-2-4-9-15/h5-7,10-12,15H,2-4,8-9,13H2,1H3,(H,20,23)(H2,21,22,24,25). The highest BCUT2D eigenvalue weighted by molar-refractivity contribution is 5.88. The monoisotopic (exact) mass is 355 g/mol. The van der Waals surface area contributed by atoms with Gasteiger partial charge in [0, 0.05) is 18.2 Å². The summed E-state index contributed by atoms with van der Waals surface area (Å²) in [5.41, 5.74) is 1.03. The Morgan fingerprint density at radius 1 is 1.08 bits per heavy atom. The summed E-state index contributed by atoms with van der Waals surface area (Å²) in [4.78, 5) is 12.0. The van der Waals surface area contributed by atoms with Crippen LogP contribution in [-0.4, -0.2) is 29.4 Å². The minimum atomic E-state index is -0.221. The molecule has 0 radical (unpaired) electrons. The average molecular weight is 355 g/mol. The highest BCUT2D eigenvalue weighted by atomic mass is 16.5. The van der Waals surface area contributed by atoms with Crippen molar-refractivity contribution in [2.45, 2.75) is 44.7 Å². The number of nitrogens with zero attached hydrogens (tertiary/aromatic N) is 2. The molecule has 1 aliphatic carbocycles. The molecule has 0 bridgehead atoms. The number of benzene rings is 1. The van der Waals surface area contributed by atoms with E-state index in [1.807, 2.05) is 24.3 Å². The van der Waals surface area contributed by atoms with Crippen molar-refractivity contribution in [2.75, 3.05) is 17.7 Å². The quantitative estimate of drug-likeness (QED) is 0.737. The first kappa shape index (κ1) is 18.0. The van der Waals surface area contributed by atoms with Crippen LogP contribution in [0.15, 0.2) is 36.4 Å². The van der Waals surface area contributed by atoms with Gasteiger partial charge < -0.3 is 15.4 Å². The first-order chi connectivity index (χ1) is 12.7. The molecule has 0 unspecified atom stereocenters. The van der Waals surface area contributed by atoms with Crippen molar-refractivity contribution >= 4 is 17.7 Å². The number of rotatable bonds is 6. The van der Waals surface area contributed by atoms with Crippen LogP contribution in [0.3, 0.4) is 0 Å². The van der Waals surface area contributed by atoms with Gasteiger partial charge in [-0.1, -0.05) is 37.5 Å². The summed E-state index contributed by atoms with van der Waals surface area (Å²) in [6.07, 6.45) is 5.71. The lowest BCUT2D eigenvalue weighted by Crippen LogP contribution is -2.39. The number of ether oxygens (including phenoxy) is 1. The molecule has 1 aromatic heterocycles. The Labute approximate surface area is 153 Å². The number of hydrogen-bond donors (Lipinski definition) is 3. The zero-order chi connectivity index (χ0) is 18.2. The van der Waals surface area contributed by atoms with Crippen molar-refractivity contribution in [3.05, 3.63) is 42.0 Å². The first-order valence-corrected chi connectivity index (χ1v) is 9.01. The maximum Gasteiger partial charge on any atom is 0.320 e. The summed E-state index contributed by atoms with van der Waals surface area (Å²) >= 11 is 0. The van der Waals surface area contributed by atoms with Crippen LogP contribution in [0.2, 0.25) is 0 Å². The van der Waals surface area contributed by atoms with E-state index in [-0.39, 0.29) is 12.1 Å². The molecule has 0 saturated heterocycles. The van der Waals surface area contributed by atoms with E-state index < -0.39 is 0 Å². The van der Waals surface area contributed by atoms with Gasteiger partial charge in [-0.25, -0.2) is 4.79 Å². The predicted molar refractivity (Wildman–Crippen MR) is 101 cm³/mol. The Kier molecular flexibility index (Phi) is 6.24. The molecule has 7 nitrogen and oxygen atoms in total. The number of methoxy groups -OCH3 is 1. The summed E-state index contributed by atoms with van der Waals surface area (Å²) in [5.74, 6) is 1.89. The van der Waals surface area contributed by atoms with Gasteiger partial charge in [-0.05, 0) is 31.0 Å². The number of urea groups is 1. The number of para-hydroxylation sites is 1. The second kappa shape index (κ2) is 9.03. The number of anilines is 2. The Bertz CT molecular complexity index is 714. The molecule has 138 valence electrons. The smallest absolute Gasteiger partial charge is 0.320 e. The SMILES string of the molecule is COc1ccccc1CNc1ccc(NC(=O)NC2CCCCC2)nn1. The Morgan fingerprint density at radius 3 is 2.54 bits per heavy atom.